The quantitative estimate of drug-likeness (QED) is 0.502. The van der Waals surface area contributed by atoms with E-state index < -0.39 is 0 Å². The van der Waals surface area contributed by atoms with Crippen LogP contribution in [0.5, 0.6) is 0 Å². The number of esters is 1. The average Bonchev–Trinajstić information content (AvgIpc) is 2.20. The number of ether oxygens (including phenoxy) is 1. The second-order valence-electron chi connectivity index (χ2n) is 2.56. The third-order valence-corrected chi connectivity index (χ3v) is 1.48. The van der Waals surface area contributed by atoms with E-state index in [-0.39, 0.29) is 5.97 Å². The van der Waals surface area contributed by atoms with Crippen LogP contribution >= 0.6 is 0 Å². The van der Waals surface area contributed by atoms with Crippen molar-refractivity contribution in [2.75, 3.05) is 6.61 Å². The molecule has 0 saturated heterocycles. The largest absolute Gasteiger partial charge is 0.463 e. The molecule has 0 radical (unpaired) electrons. The number of hydrogen-bond acceptors (Lipinski definition) is 4. The van der Waals surface area contributed by atoms with E-state index in [1.165, 1.54) is 12.3 Å². The minimum atomic E-state index is -0.375. The molecule has 1 heterocycles. The first-order chi connectivity index (χ1) is 6.83. The Balaban J connectivity index is 2.42. The summed E-state index contributed by atoms with van der Waals surface area (Å²) in [7, 11) is 0. The van der Waals surface area contributed by atoms with Crippen molar-refractivity contribution in [3.05, 3.63) is 24.6 Å². The van der Waals surface area contributed by atoms with Crippen molar-refractivity contribution in [3.63, 3.8) is 0 Å². The van der Waals surface area contributed by atoms with E-state index in [4.69, 9.17) is 0 Å². The molecule has 1 aliphatic heterocycles. The van der Waals surface area contributed by atoms with Crippen LogP contribution in [-0.4, -0.2) is 24.5 Å². The number of carbonyl (C=O) groups is 1. The van der Waals surface area contributed by atoms with E-state index in [1.54, 1.807) is 19.3 Å². The maximum Gasteiger partial charge on any atom is 0.332 e. The Morgan fingerprint density at radius 3 is 3.29 bits per heavy atom. The predicted octanol–water partition coefficient (Wildman–Crippen LogP) is 1.49. The Bertz CT molecular complexity index is 314. The number of nitrogens with zero attached hydrogens (tertiary/aromatic N) is 2. The molecule has 74 valence electrons. The van der Waals surface area contributed by atoms with Crippen molar-refractivity contribution in [2.24, 2.45) is 9.98 Å². The van der Waals surface area contributed by atoms with Crippen LogP contribution < -0.4 is 0 Å². The number of allylic oxidation sites excluding steroid dienone is 1. The van der Waals surface area contributed by atoms with Crippen LogP contribution in [0, 0.1) is 0 Å². The molecule has 0 amide bonds. The molecule has 0 aromatic heterocycles. The van der Waals surface area contributed by atoms with Crippen LogP contribution in [0.3, 0.4) is 0 Å². The smallest absolute Gasteiger partial charge is 0.332 e. The van der Waals surface area contributed by atoms with Gasteiger partial charge in [-0.1, -0.05) is 6.08 Å². The van der Waals surface area contributed by atoms with Crippen molar-refractivity contribution in [1.82, 2.24) is 0 Å². The highest BCUT2D eigenvalue weighted by Gasteiger charge is 1.95. The van der Waals surface area contributed by atoms with Crippen LogP contribution in [0.2, 0.25) is 0 Å². The topological polar surface area (TPSA) is 51.0 Å². The first-order valence-electron chi connectivity index (χ1n) is 4.41. The van der Waals surface area contributed by atoms with Crippen LogP contribution in [0.1, 0.15) is 13.3 Å². The molecule has 0 atom stereocenters. The zero-order valence-corrected chi connectivity index (χ0v) is 8.01. The summed E-state index contributed by atoms with van der Waals surface area (Å²) in [6.45, 7) is 2.14. The Morgan fingerprint density at radius 2 is 2.64 bits per heavy atom. The standard InChI is InChI=1S/C10H12N2O2/c1-2-14-10(13)5-7-12-9-4-3-6-11-8-9/h3,5-8H,2,4H2,1H3. The Hall–Kier alpha value is -1.71. The summed E-state index contributed by atoms with van der Waals surface area (Å²) in [5, 5.41) is 0. The second kappa shape index (κ2) is 5.85. The van der Waals surface area contributed by atoms with E-state index >= 15 is 0 Å². The lowest BCUT2D eigenvalue weighted by Gasteiger charge is -1.97. The van der Waals surface area contributed by atoms with Crippen LogP contribution in [0.25, 0.3) is 0 Å². The maximum absolute atomic E-state index is 10.9. The Kier molecular flexibility index (Phi) is 4.34. The highest BCUT2D eigenvalue weighted by Crippen LogP contribution is 1.95. The monoisotopic (exact) mass is 192 g/mol. The van der Waals surface area contributed by atoms with E-state index in [0.29, 0.717) is 6.61 Å². The molecule has 14 heavy (non-hydrogen) atoms. The lowest BCUT2D eigenvalue weighted by Crippen LogP contribution is -2.01. The van der Waals surface area contributed by atoms with Crippen molar-refractivity contribution in [1.29, 1.82) is 0 Å². The fraction of sp³-hybridized carbons (Fsp3) is 0.300. The molecule has 0 spiro atoms. The van der Waals surface area contributed by atoms with Gasteiger partial charge in [0, 0.05) is 31.1 Å². The molecule has 0 aromatic rings. The lowest BCUT2D eigenvalue weighted by molar-refractivity contribution is -0.137. The van der Waals surface area contributed by atoms with Gasteiger partial charge in [0.15, 0.2) is 0 Å². The first kappa shape index (κ1) is 10.4. The number of rotatable bonds is 3. The zero-order valence-electron chi connectivity index (χ0n) is 8.01. The second-order valence-corrected chi connectivity index (χ2v) is 2.56. The zero-order chi connectivity index (χ0) is 10.2. The normalized spacial score (nSPS) is 17.9. The molecule has 1 aliphatic rings. The van der Waals surface area contributed by atoms with Crippen LogP contribution in [0.4, 0.5) is 0 Å². The fourth-order valence-corrected chi connectivity index (χ4v) is 0.886. The SMILES string of the molecule is CCOC(=O)C=CN=C1C=NC=CC1. The summed E-state index contributed by atoms with van der Waals surface area (Å²) in [5.74, 6) is -0.375. The number of hydrogen-bond donors (Lipinski definition) is 0. The Labute approximate surface area is 82.7 Å². The molecule has 0 saturated carbocycles. The Morgan fingerprint density at radius 1 is 1.79 bits per heavy atom. The average molecular weight is 192 g/mol. The third kappa shape index (κ3) is 3.80. The van der Waals surface area contributed by atoms with E-state index in [9.17, 15) is 4.79 Å². The molecule has 1 rings (SSSR count). The summed E-state index contributed by atoms with van der Waals surface area (Å²) >= 11 is 0. The van der Waals surface area contributed by atoms with Gasteiger partial charge in [0.1, 0.15) is 0 Å². The van der Waals surface area contributed by atoms with Gasteiger partial charge in [0.05, 0.1) is 12.3 Å². The molecule has 0 fully saturated rings. The van der Waals surface area contributed by atoms with Crippen LogP contribution in [0.15, 0.2) is 34.5 Å². The highest BCUT2D eigenvalue weighted by molar-refractivity contribution is 6.31. The van der Waals surface area contributed by atoms with Crippen molar-refractivity contribution < 1.29 is 9.53 Å². The molecule has 0 aliphatic carbocycles. The molecular weight excluding hydrogens is 180 g/mol. The highest BCUT2D eigenvalue weighted by atomic mass is 16.5. The summed E-state index contributed by atoms with van der Waals surface area (Å²) in [6, 6.07) is 0. The lowest BCUT2D eigenvalue weighted by atomic mass is 10.2. The predicted molar refractivity (Wildman–Crippen MR) is 55.5 cm³/mol. The molecular formula is C10H12N2O2. The van der Waals surface area contributed by atoms with Crippen LogP contribution in [-0.2, 0) is 9.53 Å². The van der Waals surface area contributed by atoms with Gasteiger partial charge in [-0.05, 0) is 6.92 Å². The van der Waals surface area contributed by atoms with E-state index in [1.807, 2.05) is 6.08 Å². The van der Waals surface area contributed by atoms with Gasteiger partial charge in [0.25, 0.3) is 0 Å². The number of aliphatic imine (C=N–C) groups is 2. The van der Waals surface area contributed by atoms with Crippen molar-refractivity contribution in [3.8, 4) is 0 Å². The molecule has 0 unspecified atom stereocenters. The van der Waals surface area contributed by atoms with Crippen molar-refractivity contribution in [2.45, 2.75) is 13.3 Å². The molecule has 0 N–H and O–H groups in total. The van der Waals surface area contributed by atoms with Crippen molar-refractivity contribution >= 4 is 17.9 Å². The molecule has 0 aromatic carbocycles. The summed E-state index contributed by atoms with van der Waals surface area (Å²) < 4.78 is 4.69. The van der Waals surface area contributed by atoms with E-state index in [0.717, 1.165) is 12.1 Å². The minimum absolute atomic E-state index is 0.375. The van der Waals surface area contributed by atoms with Gasteiger partial charge in [-0.25, -0.2) is 4.79 Å². The first-order valence-corrected chi connectivity index (χ1v) is 4.41. The van der Waals surface area contributed by atoms with Gasteiger partial charge in [0.2, 0.25) is 0 Å². The molecule has 0 bridgehead atoms. The number of carbonyl (C=O) groups excluding carboxylic acids is 1. The minimum Gasteiger partial charge on any atom is -0.463 e. The fourth-order valence-electron chi connectivity index (χ4n) is 0.886. The van der Waals surface area contributed by atoms with Gasteiger partial charge >= 0.3 is 5.97 Å². The van der Waals surface area contributed by atoms with Gasteiger partial charge in [-0.2, -0.15) is 0 Å². The third-order valence-electron chi connectivity index (χ3n) is 1.48. The van der Waals surface area contributed by atoms with Gasteiger partial charge in [-0.3, -0.25) is 9.98 Å². The molecule has 4 heteroatoms. The molecule has 4 nitrogen and oxygen atoms in total. The maximum atomic E-state index is 10.9. The summed E-state index contributed by atoms with van der Waals surface area (Å²) in [6.07, 6.45) is 8.75. The van der Waals surface area contributed by atoms with Gasteiger partial charge in [-0.15, -0.1) is 0 Å². The van der Waals surface area contributed by atoms with Gasteiger partial charge < -0.3 is 4.74 Å². The summed E-state index contributed by atoms with van der Waals surface area (Å²) in [5.41, 5.74) is 0.827. The summed E-state index contributed by atoms with van der Waals surface area (Å²) in [4.78, 5) is 18.8. The van der Waals surface area contributed by atoms with E-state index in [2.05, 4.69) is 14.7 Å².